The summed E-state index contributed by atoms with van der Waals surface area (Å²) in [5, 5.41) is 5.89. The molecule has 12 nitrogen and oxygen atoms in total. The molecule has 2 aromatic heterocycles. The van der Waals surface area contributed by atoms with E-state index >= 15 is 0 Å². The van der Waals surface area contributed by atoms with Crippen LogP contribution in [0.3, 0.4) is 0 Å². The highest BCUT2D eigenvalue weighted by Crippen LogP contribution is 2.32. The predicted molar refractivity (Wildman–Crippen MR) is 165 cm³/mol. The summed E-state index contributed by atoms with van der Waals surface area (Å²) in [5.74, 6) is 0.428. The lowest BCUT2D eigenvalue weighted by Crippen LogP contribution is -2.44. The molecule has 4 aromatic rings. The Bertz CT molecular complexity index is 1770. The molecule has 2 N–H and O–H groups in total. The number of anilines is 4. The van der Waals surface area contributed by atoms with Gasteiger partial charge in [-0.3, -0.25) is 23.5 Å². The van der Waals surface area contributed by atoms with Crippen LogP contribution >= 0.6 is 0 Å². The highest BCUT2D eigenvalue weighted by Gasteiger charge is 2.20. The highest BCUT2D eigenvalue weighted by atomic mass is 16.5. The fraction of sp³-hybridized carbons (Fsp3) is 0.300. The number of piperazine rings is 1. The molecule has 1 aliphatic heterocycles. The molecule has 0 aliphatic carbocycles. The van der Waals surface area contributed by atoms with Gasteiger partial charge in [-0.05, 0) is 57.3 Å². The van der Waals surface area contributed by atoms with Gasteiger partial charge < -0.3 is 25.2 Å². The highest BCUT2D eigenvalue weighted by molar-refractivity contribution is 5.99. The Hall–Kier alpha value is -4.97. The van der Waals surface area contributed by atoms with E-state index in [4.69, 9.17) is 9.72 Å². The molecule has 1 fully saturated rings. The van der Waals surface area contributed by atoms with Crippen molar-refractivity contribution in [3.63, 3.8) is 0 Å². The van der Waals surface area contributed by atoms with E-state index in [1.165, 1.54) is 15.3 Å². The molecule has 5 rings (SSSR count). The van der Waals surface area contributed by atoms with Gasteiger partial charge in [-0.2, -0.15) is 4.98 Å². The number of aromatic nitrogens is 4. The van der Waals surface area contributed by atoms with Gasteiger partial charge >= 0.3 is 11.1 Å². The number of amides is 1. The largest absolute Gasteiger partial charge is 0.494 e. The summed E-state index contributed by atoms with van der Waals surface area (Å²) < 4.78 is 8.31. The van der Waals surface area contributed by atoms with Crippen LogP contribution in [-0.4, -0.2) is 70.2 Å². The molecule has 218 valence electrons. The molecule has 42 heavy (non-hydrogen) atoms. The van der Waals surface area contributed by atoms with E-state index in [9.17, 15) is 14.4 Å². The Labute approximate surface area is 242 Å². The van der Waals surface area contributed by atoms with E-state index in [1.54, 1.807) is 31.4 Å². The van der Waals surface area contributed by atoms with Crippen LogP contribution in [-0.2, 0) is 4.79 Å². The van der Waals surface area contributed by atoms with Crippen LogP contribution in [0.15, 0.2) is 70.9 Å². The van der Waals surface area contributed by atoms with Crippen LogP contribution in [0.1, 0.15) is 19.9 Å². The SMILES string of the molecule is C=CC(=O)Nc1cccc(-n2c(=O)c(=O)n(C(C)C)c3cnc(Nc4ccc(N5CCN(C)CC5)cc4OC)nc32)c1. The molecule has 0 unspecified atom stereocenters. The maximum absolute atomic E-state index is 13.5. The fourth-order valence-corrected chi connectivity index (χ4v) is 5.00. The number of likely N-dealkylation sites (N-methyl/N-ethyl adjacent to an activating group) is 1. The van der Waals surface area contributed by atoms with Crippen molar-refractivity contribution in [2.24, 2.45) is 0 Å². The number of hydrogen-bond donors (Lipinski definition) is 2. The van der Waals surface area contributed by atoms with Crippen LogP contribution < -0.4 is 31.4 Å². The summed E-state index contributed by atoms with van der Waals surface area (Å²) in [4.78, 5) is 52.4. The zero-order valence-corrected chi connectivity index (χ0v) is 24.1. The lowest BCUT2D eigenvalue weighted by Gasteiger charge is -2.34. The molecule has 3 heterocycles. The molecule has 0 bridgehead atoms. The summed E-state index contributed by atoms with van der Waals surface area (Å²) in [6, 6.07) is 12.2. The van der Waals surface area contributed by atoms with Crippen molar-refractivity contribution in [3.8, 4) is 11.4 Å². The lowest BCUT2D eigenvalue weighted by molar-refractivity contribution is -0.111. The first-order valence-corrected chi connectivity index (χ1v) is 13.7. The van der Waals surface area contributed by atoms with Gasteiger partial charge in [0.1, 0.15) is 11.3 Å². The molecule has 0 spiro atoms. The van der Waals surface area contributed by atoms with Gasteiger partial charge in [-0.25, -0.2) is 4.98 Å². The summed E-state index contributed by atoms with van der Waals surface area (Å²) in [6.07, 6.45) is 2.67. The van der Waals surface area contributed by atoms with E-state index in [2.05, 4.69) is 39.0 Å². The molecule has 0 saturated carbocycles. The lowest BCUT2D eigenvalue weighted by atomic mass is 10.2. The minimum atomic E-state index is -0.776. The number of rotatable bonds is 8. The third kappa shape index (κ3) is 5.61. The van der Waals surface area contributed by atoms with E-state index in [0.717, 1.165) is 37.9 Å². The Balaban J connectivity index is 1.59. The van der Waals surface area contributed by atoms with E-state index in [1.807, 2.05) is 32.0 Å². The summed E-state index contributed by atoms with van der Waals surface area (Å²) in [6.45, 7) is 10.9. The number of hydrogen-bond acceptors (Lipinski definition) is 9. The van der Waals surface area contributed by atoms with Gasteiger partial charge in [0.15, 0.2) is 5.65 Å². The third-order valence-corrected chi connectivity index (χ3v) is 7.20. The number of nitrogens with zero attached hydrogens (tertiary/aromatic N) is 6. The molecular weight excluding hydrogens is 536 g/mol. The Morgan fingerprint density at radius 1 is 1.05 bits per heavy atom. The first-order valence-electron chi connectivity index (χ1n) is 13.7. The van der Waals surface area contributed by atoms with Crippen LogP contribution in [0.25, 0.3) is 16.9 Å². The van der Waals surface area contributed by atoms with Crippen LogP contribution in [0.2, 0.25) is 0 Å². The maximum Gasteiger partial charge on any atom is 0.322 e. The van der Waals surface area contributed by atoms with Gasteiger partial charge in [0, 0.05) is 49.7 Å². The van der Waals surface area contributed by atoms with Crippen LogP contribution in [0.4, 0.5) is 23.0 Å². The van der Waals surface area contributed by atoms with Crippen molar-refractivity contribution >= 4 is 40.1 Å². The molecule has 12 heteroatoms. The molecule has 2 aromatic carbocycles. The van der Waals surface area contributed by atoms with Gasteiger partial charge in [0.05, 0.1) is 24.7 Å². The molecular formula is C30H34N8O4. The van der Waals surface area contributed by atoms with Gasteiger partial charge in [-0.1, -0.05) is 12.6 Å². The van der Waals surface area contributed by atoms with Gasteiger partial charge in [-0.15, -0.1) is 0 Å². The van der Waals surface area contributed by atoms with E-state index < -0.39 is 17.0 Å². The van der Waals surface area contributed by atoms with Crippen molar-refractivity contribution in [1.82, 2.24) is 24.0 Å². The number of carbonyl (C=O) groups is 1. The van der Waals surface area contributed by atoms with Crippen molar-refractivity contribution in [2.75, 3.05) is 55.9 Å². The second kappa shape index (κ2) is 11.9. The van der Waals surface area contributed by atoms with Crippen molar-refractivity contribution in [1.29, 1.82) is 0 Å². The molecule has 0 atom stereocenters. The zero-order chi connectivity index (χ0) is 30.0. The Morgan fingerprint density at radius 2 is 1.81 bits per heavy atom. The normalized spacial score (nSPS) is 13.8. The second-order valence-electron chi connectivity index (χ2n) is 10.4. The monoisotopic (exact) mass is 570 g/mol. The Kier molecular flexibility index (Phi) is 8.07. The predicted octanol–water partition coefficient (Wildman–Crippen LogP) is 3.15. The topological polar surface area (TPSA) is 127 Å². The summed E-state index contributed by atoms with van der Waals surface area (Å²) in [5.41, 5.74) is 1.63. The minimum absolute atomic E-state index is 0.214. The van der Waals surface area contributed by atoms with E-state index in [0.29, 0.717) is 28.3 Å². The number of ether oxygens (including phenoxy) is 1. The van der Waals surface area contributed by atoms with Crippen molar-refractivity contribution in [2.45, 2.75) is 19.9 Å². The molecule has 1 amide bonds. The maximum atomic E-state index is 13.5. The first kappa shape index (κ1) is 28.6. The number of carbonyl (C=O) groups excluding carboxylic acids is 1. The van der Waals surface area contributed by atoms with Crippen LogP contribution in [0, 0.1) is 0 Å². The zero-order valence-electron chi connectivity index (χ0n) is 24.1. The summed E-state index contributed by atoms with van der Waals surface area (Å²) in [7, 11) is 3.72. The summed E-state index contributed by atoms with van der Waals surface area (Å²) >= 11 is 0. The number of benzene rings is 2. The van der Waals surface area contributed by atoms with Gasteiger partial charge in [0.25, 0.3) is 0 Å². The average Bonchev–Trinajstić information content (AvgIpc) is 2.98. The smallest absolute Gasteiger partial charge is 0.322 e. The average molecular weight is 571 g/mol. The van der Waals surface area contributed by atoms with E-state index in [-0.39, 0.29) is 17.6 Å². The fourth-order valence-electron chi connectivity index (χ4n) is 5.00. The number of methoxy groups -OCH3 is 1. The Morgan fingerprint density at radius 3 is 2.50 bits per heavy atom. The molecule has 0 radical (unpaired) electrons. The number of fused-ring (bicyclic) bond motifs is 1. The first-order chi connectivity index (χ1) is 20.2. The van der Waals surface area contributed by atoms with Gasteiger partial charge in [0.2, 0.25) is 11.9 Å². The second-order valence-corrected chi connectivity index (χ2v) is 10.4. The third-order valence-electron chi connectivity index (χ3n) is 7.20. The minimum Gasteiger partial charge on any atom is -0.494 e. The van der Waals surface area contributed by atoms with Crippen LogP contribution in [0.5, 0.6) is 5.75 Å². The number of nitrogens with one attached hydrogen (secondary N) is 2. The quantitative estimate of drug-likeness (QED) is 0.243. The molecule has 1 saturated heterocycles. The molecule has 1 aliphatic rings. The van der Waals surface area contributed by atoms with Crippen molar-refractivity contribution in [3.05, 3.63) is 82.0 Å². The standard InChI is InChI=1S/C30H34N8O4/c1-6-26(39)32-20-8-7-9-22(16-20)38-27-24(37(19(2)3)28(40)29(38)41)18-31-30(34-27)33-23-11-10-21(17-25(23)42-5)36-14-12-35(4)13-15-36/h6-11,16-19H,1,12-15H2,2-5H3,(H,32,39)(H,31,33,34). The van der Waals surface area contributed by atoms with Crippen molar-refractivity contribution < 1.29 is 9.53 Å².